The van der Waals surface area contributed by atoms with E-state index in [0.717, 1.165) is 18.4 Å². The highest BCUT2D eigenvalue weighted by Gasteiger charge is 2.36. The molecule has 0 aromatic heterocycles. The summed E-state index contributed by atoms with van der Waals surface area (Å²) in [6.07, 6.45) is 3.31. The predicted octanol–water partition coefficient (Wildman–Crippen LogP) is 2.72. The molecule has 0 spiro atoms. The minimum atomic E-state index is -0.416. The molecule has 1 aliphatic carbocycles. The fraction of sp³-hybridized carbons (Fsp3) is 0.529. The molecule has 118 valence electrons. The van der Waals surface area contributed by atoms with E-state index < -0.39 is 5.82 Å². The van der Waals surface area contributed by atoms with Gasteiger partial charge in [-0.25, -0.2) is 4.39 Å². The Morgan fingerprint density at radius 2 is 1.82 bits per heavy atom. The average Bonchev–Trinajstić information content (AvgIpc) is 3.35. The fourth-order valence-corrected chi connectivity index (χ4v) is 2.92. The summed E-state index contributed by atoms with van der Waals surface area (Å²) < 4.78 is 13.7. The molecule has 1 saturated carbocycles. The fourth-order valence-electron chi connectivity index (χ4n) is 2.92. The van der Waals surface area contributed by atoms with Crippen molar-refractivity contribution in [1.29, 1.82) is 0 Å². The number of halogens is 1. The van der Waals surface area contributed by atoms with Gasteiger partial charge in [-0.1, -0.05) is 6.07 Å². The van der Waals surface area contributed by atoms with Gasteiger partial charge in [0.25, 0.3) is 0 Å². The van der Waals surface area contributed by atoms with Crippen LogP contribution in [0.3, 0.4) is 0 Å². The van der Waals surface area contributed by atoms with E-state index in [0.29, 0.717) is 25.9 Å². The van der Waals surface area contributed by atoms with Crippen LogP contribution in [0.2, 0.25) is 0 Å². The van der Waals surface area contributed by atoms with Crippen LogP contribution >= 0.6 is 0 Å². The standard InChI is InChI=1S/C17H21FN2O2/c1-11-2-5-14(18)15(10-11)19-16(21)12-6-8-20(9-7-12)17(22)13-3-4-13/h2,5,10,12-13H,3-4,6-9H2,1H3,(H,19,21). The van der Waals surface area contributed by atoms with Crippen molar-refractivity contribution in [2.24, 2.45) is 11.8 Å². The van der Waals surface area contributed by atoms with E-state index in [9.17, 15) is 14.0 Å². The van der Waals surface area contributed by atoms with Crippen molar-refractivity contribution in [3.05, 3.63) is 29.6 Å². The Bertz CT molecular complexity index is 590. The van der Waals surface area contributed by atoms with Crippen LogP contribution in [0.25, 0.3) is 0 Å². The van der Waals surface area contributed by atoms with Gasteiger partial charge in [0.15, 0.2) is 0 Å². The highest BCUT2D eigenvalue weighted by molar-refractivity contribution is 5.93. The molecule has 1 aromatic rings. The van der Waals surface area contributed by atoms with Gasteiger partial charge in [-0.15, -0.1) is 0 Å². The van der Waals surface area contributed by atoms with Gasteiger partial charge in [0, 0.05) is 24.9 Å². The maximum atomic E-state index is 13.7. The van der Waals surface area contributed by atoms with E-state index in [1.165, 1.54) is 6.07 Å². The van der Waals surface area contributed by atoms with Crippen molar-refractivity contribution in [3.63, 3.8) is 0 Å². The maximum absolute atomic E-state index is 13.7. The number of piperidine rings is 1. The molecule has 2 amide bonds. The molecule has 3 rings (SSSR count). The Morgan fingerprint density at radius 3 is 2.45 bits per heavy atom. The lowest BCUT2D eigenvalue weighted by Crippen LogP contribution is -2.42. The second-order valence-electron chi connectivity index (χ2n) is 6.35. The lowest BCUT2D eigenvalue weighted by Gasteiger charge is -2.31. The Kier molecular flexibility index (Phi) is 4.14. The molecule has 22 heavy (non-hydrogen) atoms. The van der Waals surface area contributed by atoms with E-state index in [4.69, 9.17) is 0 Å². The predicted molar refractivity (Wildman–Crippen MR) is 81.8 cm³/mol. The molecular weight excluding hydrogens is 283 g/mol. The Hall–Kier alpha value is -1.91. The molecule has 4 nitrogen and oxygen atoms in total. The minimum absolute atomic E-state index is 0.150. The van der Waals surface area contributed by atoms with Crippen LogP contribution in [0.1, 0.15) is 31.2 Å². The van der Waals surface area contributed by atoms with Gasteiger partial charge < -0.3 is 10.2 Å². The Morgan fingerprint density at radius 1 is 1.14 bits per heavy atom. The van der Waals surface area contributed by atoms with Gasteiger partial charge >= 0.3 is 0 Å². The molecule has 2 aliphatic rings. The van der Waals surface area contributed by atoms with Crippen LogP contribution < -0.4 is 5.32 Å². The largest absolute Gasteiger partial charge is 0.342 e. The van der Waals surface area contributed by atoms with E-state index in [2.05, 4.69) is 5.32 Å². The van der Waals surface area contributed by atoms with Crippen molar-refractivity contribution in [2.45, 2.75) is 32.6 Å². The number of anilines is 1. The summed E-state index contributed by atoms with van der Waals surface area (Å²) in [6.45, 7) is 3.12. The van der Waals surface area contributed by atoms with Crippen molar-refractivity contribution < 1.29 is 14.0 Å². The van der Waals surface area contributed by atoms with Crippen molar-refractivity contribution in [3.8, 4) is 0 Å². The first kappa shape index (κ1) is 15.0. The van der Waals surface area contributed by atoms with Crippen LogP contribution in [-0.4, -0.2) is 29.8 Å². The Labute approximate surface area is 129 Å². The molecule has 2 fully saturated rings. The third kappa shape index (κ3) is 3.29. The topological polar surface area (TPSA) is 49.4 Å². The lowest BCUT2D eigenvalue weighted by atomic mass is 9.95. The van der Waals surface area contributed by atoms with Gasteiger partial charge in [0.2, 0.25) is 11.8 Å². The summed E-state index contributed by atoms with van der Waals surface area (Å²) in [5.41, 5.74) is 1.14. The summed E-state index contributed by atoms with van der Waals surface area (Å²) in [4.78, 5) is 26.1. The quantitative estimate of drug-likeness (QED) is 0.933. The SMILES string of the molecule is Cc1ccc(F)c(NC(=O)C2CCN(C(=O)C3CC3)CC2)c1. The molecule has 1 N–H and O–H groups in total. The summed E-state index contributed by atoms with van der Waals surface area (Å²) >= 11 is 0. The smallest absolute Gasteiger partial charge is 0.227 e. The summed E-state index contributed by atoms with van der Waals surface area (Å²) in [5, 5.41) is 2.68. The zero-order chi connectivity index (χ0) is 15.7. The first-order chi connectivity index (χ1) is 10.5. The van der Waals surface area contributed by atoms with Crippen LogP contribution in [-0.2, 0) is 9.59 Å². The summed E-state index contributed by atoms with van der Waals surface area (Å²) in [6, 6.07) is 4.67. The molecule has 1 heterocycles. The maximum Gasteiger partial charge on any atom is 0.227 e. The minimum Gasteiger partial charge on any atom is -0.342 e. The van der Waals surface area contributed by atoms with Gasteiger partial charge in [0.1, 0.15) is 5.82 Å². The van der Waals surface area contributed by atoms with E-state index in [-0.39, 0.29) is 29.3 Å². The molecule has 0 unspecified atom stereocenters. The molecular formula is C17H21FN2O2. The van der Waals surface area contributed by atoms with Crippen molar-refractivity contribution >= 4 is 17.5 Å². The van der Waals surface area contributed by atoms with Gasteiger partial charge in [-0.2, -0.15) is 0 Å². The van der Waals surface area contributed by atoms with Crippen molar-refractivity contribution in [1.82, 2.24) is 4.90 Å². The van der Waals surface area contributed by atoms with Crippen LogP contribution in [0.4, 0.5) is 10.1 Å². The van der Waals surface area contributed by atoms with Gasteiger partial charge in [0.05, 0.1) is 5.69 Å². The van der Waals surface area contributed by atoms with Crippen molar-refractivity contribution in [2.75, 3.05) is 18.4 Å². The Balaban J connectivity index is 1.55. The molecule has 5 heteroatoms. The second kappa shape index (κ2) is 6.07. The number of hydrogen-bond acceptors (Lipinski definition) is 2. The average molecular weight is 304 g/mol. The molecule has 1 aromatic carbocycles. The highest BCUT2D eigenvalue weighted by atomic mass is 19.1. The highest BCUT2D eigenvalue weighted by Crippen LogP contribution is 2.32. The van der Waals surface area contributed by atoms with Crippen LogP contribution in [0, 0.1) is 24.6 Å². The number of likely N-dealkylation sites (tertiary alicyclic amines) is 1. The third-order valence-electron chi connectivity index (χ3n) is 4.48. The molecule has 0 atom stereocenters. The lowest BCUT2D eigenvalue weighted by molar-refractivity contribution is -0.135. The number of aryl methyl sites for hydroxylation is 1. The normalized spacial score (nSPS) is 19.1. The molecule has 0 bridgehead atoms. The van der Waals surface area contributed by atoms with Crippen LogP contribution in [0.5, 0.6) is 0 Å². The van der Waals surface area contributed by atoms with Crippen LogP contribution in [0.15, 0.2) is 18.2 Å². The number of benzene rings is 1. The third-order valence-corrected chi connectivity index (χ3v) is 4.48. The number of nitrogens with one attached hydrogen (secondary N) is 1. The van der Waals surface area contributed by atoms with E-state index in [1.807, 2.05) is 11.8 Å². The number of hydrogen-bond donors (Lipinski definition) is 1. The molecule has 0 radical (unpaired) electrons. The molecule has 1 aliphatic heterocycles. The number of rotatable bonds is 3. The number of carbonyl (C=O) groups is 2. The summed E-state index contributed by atoms with van der Waals surface area (Å²) in [7, 11) is 0. The second-order valence-corrected chi connectivity index (χ2v) is 6.35. The van der Waals surface area contributed by atoms with Gasteiger partial charge in [-0.05, 0) is 50.3 Å². The zero-order valence-corrected chi connectivity index (χ0v) is 12.8. The summed E-state index contributed by atoms with van der Waals surface area (Å²) in [5.74, 6) is -0.248. The monoisotopic (exact) mass is 304 g/mol. The van der Waals surface area contributed by atoms with Gasteiger partial charge in [-0.3, -0.25) is 9.59 Å². The first-order valence-corrected chi connectivity index (χ1v) is 7.90. The zero-order valence-electron chi connectivity index (χ0n) is 12.8. The number of amides is 2. The number of carbonyl (C=O) groups excluding carboxylic acids is 2. The van der Waals surface area contributed by atoms with E-state index >= 15 is 0 Å². The van der Waals surface area contributed by atoms with E-state index in [1.54, 1.807) is 12.1 Å². The first-order valence-electron chi connectivity index (χ1n) is 7.90. The number of nitrogens with zero attached hydrogens (tertiary/aromatic N) is 1. The molecule has 1 saturated heterocycles.